The van der Waals surface area contributed by atoms with Crippen molar-refractivity contribution < 1.29 is 0 Å². The number of aromatic amines is 1. The molecule has 1 aromatic carbocycles. The fraction of sp³-hybridized carbons (Fsp3) is 0.385. The highest BCUT2D eigenvalue weighted by atomic mass is 14.9. The van der Waals surface area contributed by atoms with Gasteiger partial charge in [0.15, 0.2) is 0 Å². The highest BCUT2D eigenvalue weighted by molar-refractivity contribution is 5.88. The van der Waals surface area contributed by atoms with Gasteiger partial charge in [-0.25, -0.2) is 0 Å². The van der Waals surface area contributed by atoms with E-state index in [1.807, 2.05) is 0 Å². The van der Waals surface area contributed by atoms with E-state index in [0.717, 1.165) is 19.5 Å². The number of aryl methyl sites for hydroxylation is 2. The molecule has 0 saturated heterocycles. The predicted molar refractivity (Wildman–Crippen MR) is 63.2 cm³/mol. The van der Waals surface area contributed by atoms with Gasteiger partial charge in [0.25, 0.3) is 0 Å². The van der Waals surface area contributed by atoms with Crippen LogP contribution in [0.3, 0.4) is 0 Å². The van der Waals surface area contributed by atoms with Crippen molar-refractivity contribution in [1.29, 1.82) is 0 Å². The van der Waals surface area contributed by atoms with Crippen molar-refractivity contribution in [3.63, 3.8) is 0 Å². The lowest BCUT2D eigenvalue weighted by atomic mass is 10.0. The Morgan fingerprint density at radius 3 is 2.93 bits per heavy atom. The summed E-state index contributed by atoms with van der Waals surface area (Å²) in [4.78, 5) is 3.55. The van der Waals surface area contributed by atoms with Crippen molar-refractivity contribution >= 4 is 10.9 Å². The van der Waals surface area contributed by atoms with Gasteiger partial charge in [0.2, 0.25) is 0 Å². The van der Waals surface area contributed by atoms with Gasteiger partial charge in [-0.15, -0.1) is 0 Å². The monoisotopic (exact) mass is 200 g/mol. The second-order valence-corrected chi connectivity index (χ2v) is 4.51. The molecule has 2 aromatic rings. The molecule has 0 saturated carbocycles. The van der Waals surface area contributed by atoms with Crippen LogP contribution in [-0.4, -0.2) is 11.5 Å². The Hall–Kier alpha value is -1.28. The molecular weight excluding hydrogens is 184 g/mol. The van der Waals surface area contributed by atoms with Crippen LogP contribution in [0.25, 0.3) is 10.9 Å². The summed E-state index contributed by atoms with van der Waals surface area (Å²) >= 11 is 0. The molecule has 1 aliphatic heterocycles. The Morgan fingerprint density at radius 2 is 2.07 bits per heavy atom. The summed E-state index contributed by atoms with van der Waals surface area (Å²) in [5.74, 6) is 0. The number of H-pyrrole nitrogens is 1. The Labute approximate surface area is 89.7 Å². The molecule has 0 bridgehead atoms. The molecule has 1 aromatic heterocycles. The summed E-state index contributed by atoms with van der Waals surface area (Å²) in [5.41, 5.74) is 6.95. The van der Waals surface area contributed by atoms with Gasteiger partial charge in [-0.3, -0.25) is 0 Å². The number of nitrogens with one attached hydrogen (secondary N) is 2. The van der Waals surface area contributed by atoms with Gasteiger partial charge in [0.1, 0.15) is 0 Å². The molecule has 0 aliphatic carbocycles. The maximum absolute atomic E-state index is 3.55. The minimum absolute atomic E-state index is 0.989. The first-order chi connectivity index (χ1) is 7.25. The van der Waals surface area contributed by atoms with Crippen LogP contribution < -0.4 is 5.32 Å². The highest BCUT2D eigenvalue weighted by Crippen LogP contribution is 2.28. The van der Waals surface area contributed by atoms with Crippen LogP contribution in [-0.2, 0) is 13.0 Å². The van der Waals surface area contributed by atoms with Crippen molar-refractivity contribution in [2.75, 3.05) is 6.54 Å². The van der Waals surface area contributed by atoms with E-state index in [1.54, 1.807) is 0 Å². The summed E-state index contributed by atoms with van der Waals surface area (Å²) < 4.78 is 0. The van der Waals surface area contributed by atoms with Crippen molar-refractivity contribution in [2.45, 2.75) is 26.8 Å². The zero-order valence-corrected chi connectivity index (χ0v) is 9.28. The first-order valence-electron chi connectivity index (χ1n) is 5.57. The zero-order chi connectivity index (χ0) is 10.4. The molecule has 0 amide bonds. The Balaban J connectivity index is 2.37. The Bertz CT molecular complexity index is 523. The summed E-state index contributed by atoms with van der Waals surface area (Å²) in [6.07, 6.45) is 1.15. The molecular formula is C13H16N2. The summed E-state index contributed by atoms with van der Waals surface area (Å²) in [5, 5.41) is 4.84. The van der Waals surface area contributed by atoms with E-state index in [0.29, 0.717) is 0 Å². The lowest BCUT2D eigenvalue weighted by Crippen LogP contribution is -2.22. The summed E-state index contributed by atoms with van der Waals surface area (Å²) in [6, 6.07) is 4.56. The second-order valence-electron chi connectivity index (χ2n) is 4.51. The van der Waals surface area contributed by atoms with E-state index in [-0.39, 0.29) is 0 Å². The molecule has 2 heteroatoms. The first-order valence-corrected chi connectivity index (χ1v) is 5.57. The van der Waals surface area contributed by atoms with E-state index >= 15 is 0 Å². The highest BCUT2D eigenvalue weighted by Gasteiger charge is 2.15. The van der Waals surface area contributed by atoms with Gasteiger partial charge in [-0.05, 0) is 44.0 Å². The second kappa shape index (κ2) is 3.11. The van der Waals surface area contributed by atoms with Gasteiger partial charge < -0.3 is 10.3 Å². The van der Waals surface area contributed by atoms with Crippen LogP contribution in [0.5, 0.6) is 0 Å². The third kappa shape index (κ3) is 1.29. The first kappa shape index (κ1) is 8.98. The maximum Gasteiger partial charge on any atom is 0.0489 e. The number of fused-ring (bicyclic) bond motifs is 3. The van der Waals surface area contributed by atoms with E-state index in [9.17, 15) is 0 Å². The van der Waals surface area contributed by atoms with Crippen molar-refractivity contribution in [2.24, 2.45) is 0 Å². The quantitative estimate of drug-likeness (QED) is 0.671. The van der Waals surface area contributed by atoms with Crippen molar-refractivity contribution in [3.05, 3.63) is 34.5 Å². The van der Waals surface area contributed by atoms with Crippen molar-refractivity contribution in [3.8, 4) is 0 Å². The number of aromatic nitrogens is 1. The van der Waals surface area contributed by atoms with E-state index < -0.39 is 0 Å². The Morgan fingerprint density at radius 1 is 1.20 bits per heavy atom. The number of hydrogen-bond acceptors (Lipinski definition) is 1. The number of rotatable bonds is 0. The summed E-state index contributed by atoms with van der Waals surface area (Å²) in [7, 11) is 0. The SMILES string of the molecule is Cc1cc(C)c2[nH]c3c(c2c1)CCNC3. The fourth-order valence-electron chi connectivity index (χ4n) is 2.62. The summed E-state index contributed by atoms with van der Waals surface area (Å²) in [6.45, 7) is 6.45. The molecule has 2 heterocycles. The molecule has 0 radical (unpaired) electrons. The molecule has 0 unspecified atom stereocenters. The molecule has 0 fully saturated rings. The lowest BCUT2D eigenvalue weighted by molar-refractivity contribution is 0.637. The van der Waals surface area contributed by atoms with Crippen LogP contribution in [0.2, 0.25) is 0 Å². The average Bonchev–Trinajstić information content (AvgIpc) is 2.57. The maximum atomic E-state index is 3.55. The van der Waals surface area contributed by atoms with E-state index in [2.05, 4.69) is 36.3 Å². The van der Waals surface area contributed by atoms with E-state index in [1.165, 1.54) is 33.3 Å². The minimum atomic E-state index is 0.989. The van der Waals surface area contributed by atoms with Crippen molar-refractivity contribution in [1.82, 2.24) is 10.3 Å². The molecule has 3 rings (SSSR count). The number of hydrogen-bond donors (Lipinski definition) is 2. The normalized spacial score (nSPS) is 15.6. The smallest absolute Gasteiger partial charge is 0.0489 e. The Kier molecular flexibility index (Phi) is 1.86. The average molecular weight is 200 g/mol. The van der Waals surface area contributed by atoms with Crippen LogP contribution in [0.1, 0.15) is 22.4 Å². The van der Waals surface area contributed by atoms with Crippen LogP contribution in [0, 0.1) is 13.8 Å². The third-order valence-electron chi connectivity index (χ3n) is 3.30. The lowest BCUT2D eigenvalue weighted by Gasteiger charge is -2.12. The minimum Gasteiger partial charge on any atom is -0.357 e. The van der Waals surface area contributed by atoms with Gasteiger partial charge in [-0.1, -0.05) is 11.6 Å². The molecule has 2 nitrogen and oxygen atoms in total. The molecule has 78 valence electrons. The zero-order valence-electron chi connectivity index (χ0n) is 9.28. The molecule has 1 aliphatic rings. The molecule has 2 N–H and O–H groups in total. The van der Waals surface area contributed by atoms with E-state index in [4.69, 9.17) is 0 Å². The topological polar surface area (TPSA) is 27.8 Å². The van der Waals surface area contributed by atoms with Gasteiger partial charge in [-0.2, -0.15) is 0 Å². The number of benzene rings is 1. The molecule has 0 spiro atoms. The van der Waals surface area contributed by atoms with Gasteiger partial charge in [0, 0.05) is 23.1 Å². The van der Waals surface area contributed by atoms with Crippen LogP contribution in [0.15, 0.2) is 12.1 Å². The molecule has 0 atom stereocenters. The van der Waals surface area contributed by atoms with Crippen LogP contribution in [0.4, 0.5) is 0 Å². The van der Waals surface area contributed by atoms with Crippen LogP contribution >= 0.6 is 0 Å². The standard InChI is InChI=1S/C13H16N2/c1-8-5-9(2)13-11(6-8)10-3-4-14-7-12(10)15-13/h5-6,14-15H,3-4,7H2,1-2H3. The van der Waals surface area contributed by atoms with Gasteiger partial charge >= 0.3 is 0 Å². The fourth-order valence-corrected chi connectivity index (χ4v) is 2.62. The predicted octanol–water partition coefficient (Wildman–Crippen LogP) is 2.43. The molecule has 15 heavy (non-hydrogen) atoms. The van der Waals surface area contributed by atoms with Gasteiger partial charge in [0.05, 0.1) is 0 Å². The third-order valence-corrected chi connectivity index (χ3v) is 3.30. The largest absolute Gasteiger partial charge is 0.357 e.